The zero-order valence-corrected chi connectivity index (χ0v) is 19.8. The van der Waals surface area contributed by atoms with Crippen LogP contribution < -0.4 is 10.9 Å². The van der Waals surface area contributed by atoms with Crippen molar-refractivity contribution in [3.63, 3.8) is 0 Å². The van der Waals surface area contributed by atoms with Crippen LogP contribution >= 0.6 is 0 Å². The number of para-hydroxylation sites is 2. The van der Waals surface area contributed by atoms with Crippen LogP contribution in [-0.4, -0.2) is 51.5 Å². The molecule has 3 heterocycles. The number of hydrogen-bond donors (Lipinski definition) is 2. The molecule has 10 nitrogen and oxygen atoms in total. The summed E-state index contributed by atoms with van der Waals surface area (Å²) in [5.74, 6) is -0.519. The number of hydrogen-bond acceptors (Lipinski definition) is 6. The van der Waals surface area contributed by atoms with Gasteiger partial charge in [-0.2, -0.15) is 9.40 Å². The molecule has 35 heavy (non-hydrogen) atoms. The molecule has 4 aromatic rings. The van der Waals surface area contributed by atoms with Gasteiger partial charge in [0.2, 0.25) is 15.9 Å². The Morgan fingerprint density at radius 1 is 1.09 bits per heavy atom. The molecular weight excluding hydrogens is 468 g/mol. The molecule has 0 atom stereocenters. The molecule has 0 bridgehead atoms. The van der Waals surface area contributed by atoms with Gasteiger partial charge in [-0.15, -0.1) is 0 Å². The monoisotopic (exact) mass is 492 g/mol. The first-order valence-corrected chi connectivity index (χ1v) is 12.7. The summed E-state index contributed by atoms with van der Waals surface area (Å²) in [6.45, 7) is 2.45. The predicted molar refractivity (Wildman–Crippen MR) is 131 cm³/mol. The Kier molecular flexibility index (Phi) is 5.95. The first-order valence-electron chi connectivity index (χ1n) is 11.2. The van der Waals surface area contributed by atoms with Crippen LogP contribution in [0.5, 0.6) is 0 Å². The Balaban J connectivity index is 1.31. The van der Waals surface area contributed by atoms with Crippen molar-refractivity contribution in [2.45, 2.75) is 24.7 Å². The van der Waals surface area contributed by atoms with Crippen molar-refractivity contribution in [1.29, 1.82) is 0 Å². The maximum Gasteiger partial charge on any atom is 0.261 e. The number of amides is 1. The average Bonchev–Trinajstić information content (AvgIpc) is 3.30. The molecule has 5 rings (SSSR count). The minimum Gasteiger partial charge on any atom is -0.324 e. The molecule has 1 fully saturated rings. The molecule has 11 heteroatoms. The molecule has 1 amide bonds. The van der Waals surface area contributed by atoms with Crippen molar-refractivity contribution >= 4 is 32.7 Å². The lowest BCUT2D eigenvalue weighted by Crippen LogP contribution is -2.41. The van der Waals surface area contributed by atoms with E-state index >= 15 is 0 Å². The summed E-state index contributed by atoms with van der Waals surface area (Å²) in [6, 6.07) is 13.9. The van der Waals surface area contributed by atoms with E-state index in [1.807, 2.05) is 6.92 Å². The highest BCUT2D eigenvalue weighted by atomic mass is 32.2. The van der Waals surface area contributed by atoms with E-state index in [4.69, 9.17) is 0 Å². The van der Waals surface area contributed by atoms with Crippen molar-refractivity contribution in [2.75, 3.05) is 18.4 Å². The van der Waals surface area contributed by atoms with Gasteiger partial charge in [-0.3, -0.25) is 9.59 Å². The molecule has 0 spiro atoms. The topological polar surface area (TPSA) is 130 Å². The predicted octanol–water partition coefficient (Wildman–Crippen LogP) is 2.46. The van der Waals surface area contributed by atoms with Gasteiger partial charge < -0.3 is 10.3 Å². The van der Waals surface area contributed by atoms with E-state index in [9.17, 15) is 18.0 Å². The Morgan fingerprint density at radius 3 is 2.54 bits per heavy atom. The van der Waals surface area contributed by atoms with E-state index in [1.54, 1.807) is 48.5 Å². The van der Waals surface area contributed by atoms with Gasteiger partial charge in [-0.25, -0.2) is 18.1 Å². The molecule has 2 N–H and O–H groups in total. The van der Waals surface area contributed by atoms with Gasteiger partial charge in [0.05, 0.1) is 28.8 Å². The molecule has 1 aliphatic heterocycles. The largest absolute Gasteiger partial charge is 0.324 e. The highest BCUT2D eigenvalue weighted by Gasteiger charge is 2.32. The molecule has 1 aliphatic rings. The zero-order valence-electron chi connectivity index (χ0n) is 19.0. The smallest absolute Gasteiger partial charge is 0.261 e. The van der Waals surface area contributed by atoms with Gasteiger partial charge in [0.1, 0.15) is 5.39 Å². The minimum atomic E-state index is -3.59. The molecule has 0 unspecified atom stereocenters. The zero-order chi connectivity index (χ0) is 24.6. The summed E-state index contributed by atoms with van der Waals surface area (Å²) in [6.07, 6.45) is 3.58. The van der Waals surface area contributed by atoms with Crippen LogP contribution in [0.4, 0.5) is 5.69 Å². The van der Waals surface area contributed by atoms with Crippen LogP contribution in [-0.2, 0) is 14.8 Å². The molecule has 180 valence electrons. The number of piperidine rings is 1. The quantitative estimate of drug-likeness (QED) is 0.440. The highest BCUT2D eigenvalue weighted by Crippen LogP contribution is 2.27. The summed E-state index contributed by atoms with van der Waals surface area (Å²) < 4.78 is 28.9. The highest BCUT2D eigenvalue weighted by molar-refractivity contribution is 7.89. The van der Waals surface area contributed by atoms with E-state index in [0.29, 0.717) is 35.2 Å². The lowest BCUT2D eigenvalue weighted by atomic mass is 9.97. The van der Waals surface area contributed by atoms with E-state index < -0.39 is 10.0 Å². The number of H-pyrrole nitrogens is 1. The molecule has 2 aromatic carbocycles. The summed E-state index contributed by atoms with van der Waals surface area (Å²) >= 11 is 0. The lowest BCUT2D eigenvalue weighted by molar-refractivity contribution is -0.120. The minimum absolute atomic E-state index is 0.188. The number of anilines is 1. The number of aromatic amines is 1. The van der Waals surface area contributed by atoms with Crippen LogP contribution in [0.1, 0.15) is 18.4 Å². The number of nitrogens with one attached hydrogen (secondary N) is 2. The fourth-order valence-electron chi connectivity index (χ4n) is 4.25. The number of sulfonamides is 1. The molecule has 0 saturated carbocycles. The average molecular weight is 493 g/mol. The SMILES string of the molecule is Cc1ccc(S(=O)(=O)N2CCC(C(=O)Nc3ccccc3-n3ncc4c(=O)[nH]cnc43)CC2)cc1. The Morgan fingerprint density at radius 2 is 1.80 bits per heavy atom. The van der Waals surface area contributed by atoms with Gasteiger partial charge in [-0.1, -0.05) is 29.8 Å². The molecular formula is C24H24N6O4S. The maximum absolute atomic E-state index is 13.1. The Hall–Kier alpha value is -3.83. The summed E-state index contributed by atoms with van der Waals surface area (Å²) in [7, 11) is -3.59. The number of fused-ring (bicyclic) bond motifs is 1. The van der Waals surface area contributed by atoms with Crippen LogP contribution in [0.3, 0.4) is 0 Å². The Bertz CT molecular complexity index is 1550. The third-order valence-electron chi connectivity index (χ3n) is 6.24. The standard InChI is InChI=1S/C24H24N6O4S/c1-16-6-8-18(9-7-16)35(33,34)29-12-10-17(11-13-29)23(31)28-20-4-2-3-5-21(20)30-22-19(14-27-30)24(32)26-15-25-22/h2-9,14-15,17H,10-13H2,1H3,(H,28,31)(H,25,26,32). The van der Waals surface area contributed by atoms with E-state index in [0.717, 1.165) is 5.56 Å². The second kappa shape index (κ2) is 9.08. The second-order valence-corrected chi connectivity index (χ2v) is 10.5. The van der Waals surface area contributed by atoms with E-state index in [2.05, 4.69) is 20.4 Å². The van der Waals surface area contributed by atoms with Crippen LogP contribution in [0.15, 0.2) is 70.7 Å². The van der Waals surface area contributed by atoms with Crippen molar-refractivity contribution in [3.8, 4) is 5.69 Å². The number of aromatic nitrogens is 4. The second-order valence-electron chi connectivity index (χ2n) is 8.52. The van der Waals surface area contributed by atoms with Gasteiger partial charge in [0, 0.05) is 19.0 Å². The molecule has 0 aliphatic carbocycles. The van der Waals surface area contributed by atoms with Gasteiger partial charge >= 0.3 is 0 Å². The van der Waals surface area contributed by atoms with E-state index in [-0.39, 0.29) is 35.4 Å². The van der Waals surface area contributed by atoms with Crippen molar-refractivity contribution < 1.29 is 13.2 Å². The first kappa shape index (κ1) is 22.9. The number of carbonyl (C=O) groups is 1. The van der Waals surface area contributed by atoms with Crippen LogP contribution in [0, 0.1) is 12.8 Å². The number of carbonyl (C=O) groups excluding carboxylic acids is 1. The summed E-state index contributed by atoms with van der Waals surface area (Å²) in [5.41, 5.74) is 2.18. The lowest BCUT2D eigenvalue weighted by Gasteiger charge is -2.30. The summed E-state index contributed by atoms with van der Waals surface area (Å²) in [4.78, 5) is 32.1. The maximum atomic E-state index is 13.1. The fourth-order valence-corrected chi connectivity index (χ4v) is 5.72. The number of rotatable bonds is 5. The third-order valence-corrected chi connectivity index (χ3v) is 8.16. The van der Waals surface area contributed by atoms with Crippen molar-refractivity contribution in [2.24, 2.45) is 5.92 Å². The normalized spacial score (nSPS) is 15.3. The number of nitrogens with zero attached hydrogens (tertiary/aromatic N) is 4. The van der Waals surface area contributed by atoms with Crippen LogP contribution in [0.25, 0.3) is 16.7 Å². The third kappa shape index (κ3) is 4.35. The van der Waals surface area contributed by atoms with Gasteiger partial charge in [-0.05, 0) is 44.0 Å². The molecule has 1 saturated heterocycles. The number of benzene rings is 2. The van der Waals surface area contributed by atoms with Crippen molar-refractivity contribution in [3.05, 3.63) is 77.0 Å². The Labute approximate surface area is 201 Å². The van der Waals surface area contributed by atoms with E-state index in [1.165, 1.54) is 21.5 Å². The van der Waals surface area contributed by atoms with Crippen molar-refractivity contribution in [1.82, 2.24) is 24.1 Å². The van der Waals surface area contributed by atoms with Gasteiger partial charge in [0.15, 0.2) is 5.65 Å². The fraction of sp³-hybridized carbons (Fsp3) is 0.250. The summed E-state index contributed by atoms with van der Waals surface area (Å²) in [5, 5.41) is 7.59. The molecule has 2 aromatic heterocycles. The van der Waals surface area contributed by atoms with Crippen LogP contribution in [0.2, 0.25) is 0 Å². The first-order chi connectivity index (χ1) is 16.8. The molecule has 0 radical (unpaired) electrons. The van der Waals surface area contributed by atoms with Gasteiger partial charge in [0.25, 0.3) is 5.56 Å². The number of aryl methyl sites for hydroxylation is 1.